The van der Waals surface area contributed by atoms with Crippen LogP contribution < -0.4 is 0 Å². The summed E-state index contributed by atoms with van der Waals surface area (Å²) in [5.74, 6) is -15.9. The van der Waals surface area contributed by atoms with Crippen molar-refractivity contribution < 1.29 is 39.5 Å². The molecule has 0 N–H and O–H groups in total. The van der Waals surface area contributed by atoms with E-state index in [2.05, 4.69) is 4.85 Å². The molecule has 0 unspecified atom stereocenters. The van der Waals surface area contributed by atoms with Gasteiger partial charge >= 0.3 is 0 Å². The Morgan fingerprint density at radius 3 is 1.05 bits per heavy atom. The highest BCUT2D eigenvalue weighted by atomic mass is 19.2. The molecular weight excluding hydrogens is 537 g/mol. The van der Waals surface area contributed by atoms with E-state index in [1.807, 2.05) is 0 Å². The Bertz CT molecular complexity index is 1540. The SMILES string of the molecule is [C-]#[N+]C(=C1C(=C(C#N)c2cc(F)c(F)c(F)c2)C1=C(C#N)c1cc(F)c(F)c(F)c1)c1cc(F)c(F)c(F)c1. The molecule has 0 aliphatic heterocycles. The van der Waals surface area contributed by atoms with Gasteiger partial charge in [-0.1, -0.05) is 0 Å². The summed E-state index contributed by atoms with van der Waals surface area (Å²) in [6.07, 6.45) is 0. The standard InChI is InChI=1S/C27H6F9N3/c1-39-27(12-6-19(32)26(36)20(33)7-12)23-21(13(8-37)10-2-15(28)24(34)16(29)3-10)22(23)14(9-38)11-4-17(30)25(35)18(31)5-11/h2-7H. The molecule has 0 saturated heterocycles. The summed E-state index contributed by atoms with van der Waals surface area (Å²) in [6.45, 7) is 7.52. The molecule has 3 aromatic carbocycles. The van der Waals surface area contributed by atoms with Gasteiger partial charge in [-0.3, -0.25) is 0 Å². The predicted octanol–water partition coefficient (Wildman–Crippen LogP) is 7.54. The Hall–Kier alpha value is -5.28. The average Bonchev–Trinajstić information content (AvgIpc) is 3.59. The Balaban J connectivity index is 2.16. The van der Waals surface area contributed by atoms with Crippen LogP contribution in [0.1, 0.15) is 16.7 Å². The van der Waals surface area contributed by atoms with Crippen LogP contribution >= 0.6 is 0 Å². The monoisotopic (exact) mass is 543 g/mol. The predicted molar refractivity (Wildman–Crippen MR) is 118 cm³/mol. The quantitative estimate of drug-likeness (QED) is 0.148. The zero-order valence-electron chi connectivity index (χ0n) is 18.7. The van der Waals surface area contributed by atoms with Gasteiger partial charge in [0.25, 0.3) is 0 Å². The Morgan fingerprint density at radius 2 is 0.795 bits per heavy atom. The molecule has 1 saturated carbocycles. The van der Waals surface area contributed by atoms with E-state index in [0.29, 0.717) is 36.4 Å². The zero-order chi connectivity index (χ0) is 28.8. The lowest BCUT2D eigenvalue weighted by atomic mass is 10.0. The maximum Gasteiger partial charge on any atom is 0.202 e. The smallest absolute Gasteiger partial charge is 0.202 e. The molecule has 0 spiro atoms. The number of benzene rings is 3. The van der Waals surface area contributed by atoms with E-state index in [1.54, 1.807) is 12.1 Å². The second kappa shape index (κ2) is 9.88. The Morgan fingerprint density at radius 1 is 0.513 bits per heavy atom. The first-order chi connectivity index (χ1) is 18.4. The molecular formula is C27H6F9N3. The fraction of sp³-hybridized carbons (Fsp3) is 0. The van der Waals surface area contributed by atoms with Gasteiger partial charge in [0.05, 0.1) is 17.7 Å². The van der Waals surface area contributed by atoms with Crippen LogP contribution in [-0.4, -0.2) is 0 Å². The number of allylic oxidation sites excluding steroid dienone is 5. The maximum atomic E-state index is 13.9. The van der Waals surface area contributed by atoms with Crippen molar-refractivity contribution in [3.63, 3.8) is 0 Å². The molecule has 1 aliphatic rings. The van der Waals surface area contributed by atoms with Crippen LogP contribution in [0.4, 0.5) is 39.5 Å². The summed E-state index contributed by atoms with van der Waals surface area (Å²) in [7, 11) is 0. The second-order valence-corrected chi connectivity index (χ2v) is 7.82. The van der Waals surface area contributed by atoms with Crippen LogP contribution in [0.5, 0.6) is 0 Å². The number of nitrogens with zero attached hydrogens (tertiary/aromatic N) is 3. The highest BCUT2D eigenvalue weighted by molar-refractivity contribution is 6.11. The van der Waals surface area contributed by atoms with Gasteiger partial charge in [0, 0.05) is 0 Å². The van der Waals surface area contributed by atoms with Gasteiger partial charge in [0.2, 0.25) is 5.70 Å². The first kappa shape index (κ1) is 26.8. The van der Waals surface area contributed by atoms with Gasteiger partial charge in [0.1, 0.15) is 12.1 Å². The van der Waals surface area contributed by atoms with Crippen LogP contribution in [0.15, 0.2) is 53.1 Å². The molecule has 0 radical (unpaired) electrons. The minimum atomic E-state index is -1.88. The van der Waals surface area contributed by atoms with Gasteiger partial charge < -0.3 is 0 Å². The minimum absolute atomic E-state index is 0.412. The lowest BCUT2D eigenvalue weighted by Gasteiger charge is -2.02. The fourth-order valence-electron chi connectivity index (χ4n) is 3.81. The molecule has 0 bridgehead atoms. The van der Waals surface area contributed by atoms with E-state index in [-0.39, 0.29) is 0 Å². The van der Waals surface area contributed by atoms with Gasteiger partial charge in [-0.05, 0) is 69.8 Å². The number of rotatable bonds is 3. The highest BCUT2D eigenvalue weighted by Gasteiger charge is 2.41. The molecule has 12 heteroatoms. The van der Waals surface area contributed by atoms with Gasteiger partial charge in [0.15, 0.2) is 52.4 Å². The summed E-state index contributed by atoms with van der Waals surface area (Å²) in [4.78, 5) is 3.12. The van der Waals surface area contributed by atoms with Crippen molar-refractivity contribution in [3.8, 4) is 12.1 Å². The normalized spacial score (nSPS) is 14.8. The second-order valence-electron chi connectivity index (χ2n) is 7.82. The molecule has 1 aliphatic carbocycles. The summed E-state index contributed by atoms with van der Waals surface area (Å²) < 4.78 is 124. The molecule has 0 aromatic heterocycles. The van der Waals surface area contributed by atoms with E-state index in [4.69, 9.17) is 6.57 Å². The summed E-state index contributed by atoms with van der Waals surface area (Å²) in [5, 5.41) is 19.6. The minimum Gasteiger partial charge on any atom is -0.237 e. The number of halogens is 9. The van der Waals surface area contributed by atoms with E-state index in [1.165, 1.54) is 0 Å². The third-order valence-corrected chi connectivity index (χ3v) is 5.56. The van der Waals surface area contributed by atoms with E-state index >= 15 is 0 Å². The lowest BCUT2D eigenvalue weighted by Crippen LogP contribution is -1.94. The molecule has 4 rings (SSSR count). The Labute approximate surface area is 213 Å². The van der Waals surface area contributed by atoms with Crippen molar-refractivity contribution in [1.29, 1.82) is 10.5 Å². The van der Waals surface area contributed by atoms with Gasteiger partial charge in [-0.25, -0.2) is 44.4 Å². The van der Waals surface area contributed by atoms with E-state index in [9.17, 15) is 50.0 Å². The van der Waals surface area contributed by atoms with Crippen molar-refractivity contribution in [2.75, 3.05) is 0 Å². The average molecular weight is 543 g/mol. The van der Waals surface area contributed by atoms with Crippen LogP contribution in [0.3, 0.4) is 0 Å². The van der Waals surface area contributed by atoms with Gasteiger partial charge in [-0.2, -0.15) is 10.5 Å². The van der Waals surface area contributed by atoms with Crippen molar-refractivity contribution in [2.24, 2.45) is 0 Å². The van der Waals surface area contributed by atoms with Crippen LogP contribution in [0.2, 0.25) is 0 Å². The van der Waals surface area contributed by atoms with Gasteiger partial charge in [-0.15, -0.1) is 0 Å². The molecule has 3 nitrogen and oxygen atoms in total. The first-order valence-corrected chi connectivity index (χ1v) is 10.3. The highest BCUT2D eigenvalue weighted by Crippen LogP contribution is 2.56. The van der Waals surface area contributed by atoms with Crippen LogP contribution in [0.25, 0.3) is 21.7 Å². The molecule has 3 aromatic rings. The van der Waals surface area contributed by atoms with Crippen molar-refractivity contribution in [3.05, 3.63) is 134 Å². The summed E-state index contributed by atoms with van der Waals surface area (Å²) in [6, 6.07) is 5.61. The summed E-state index contributed by atoms with van der Waals surface area (Å²) in [5.41, 5.74) is -5.09. The van der Waals surface area contributed by atoms with E-state index < -0.39 is 103 Å². The molecule has 0 heterocycles. The first-order valence-electron chi connectivity index (χ1n) is 10.3. The third-order valence-electron chi connectivity index (χ3n) is 5.56. The Kier molecular flexibility index (Phi) is 6.78. The topological polar surface area (TPSA) is 51.9 Å². The number of nitriles is 2. The number of hydrogen-bond acceptors (Lipinski definition) is 2. The maximum absolute atomic E-state index is 13.9. The molecule has 1 fully saturated rings. The molecule has 39 heavy (non-hydrogen) atoms. The van der Waals surface area contributed by atoms with Crippen molar-refractivity contribution >= 4 is 16.8 Å². The fourth-order valence-corrected chi connectivity index (χ4v) is 3.81. The van der Waals surface area contributed by atoms with Crippen molar-refractivity contribution in [1.82, 2.24) is 0 Å². The van der Waals surface area contributed by atoms with Crippen molar-refractivity contribution in [2.45, 2.75) is 0 Å². The third kappa shape index (κ3) is 4.51. The largest absolute Gasteiger partial charge is 0.237 e. The molecule has 0 amide bonds. The molecule has 192 valence electrons. The summed E-state index contributed by atoms with van der Waals surface area (Å²) >= 11 is 0. The van der Waals surface area contributed by atoms with E-state index in [0.717, 1.165) is 0 Å². The number of hydrogen-bond donors (Lipinski definition) is 0. The molecule has 0 atom stereocenters. The zero-order valence-corrected chi connectivity index (χ0v) is 18.7. The van der Waals surface area contributed by atoms with Crippen LogP contribution in [0, 0.1) is 81.6 Å². The van der Waals surface area contributed by atoms with Crippen LogP contribution in [-0.2, 0) is 0 Å². The lowest BCUT2D eigenvalue weighted by molar-refractivity contribution is 0.446.